The highest BCUT2D eigenvalue weighted by Gasteiger charge is 2.48. The Balaban J connectivity index is 2.94. The summed E-state index contributed by atoms with van der Waals surface area (Å²) in [5, 5.41) is 8.96. The second-order valence-corrected chi connectivity index (χ2v) is 2.93. The Labute approximate surface area is 82.1 Å². The van der Waals surface area contributed by atoms with Gasteiger partial charge in [-0.15, -0.1) is 0 Å². The molecule has 0 radical (unpaired) electrons. The van der Waals surface area contributed by atoms with Crippen LogP contribution in [-0.2, 0) is 0 Å². The third-order valence-electron chi connectivity index (χ3n) is 1.84. The molecule has 15 heavy (non-hydrogen) atoms. The van der Waals surface area contributed by atoms with Crippen LogP contribution in [0, 0.1) is 5.82 Å². The van der Waals surface area contributed by atoms with Crippen molar-refractivity contribution in [2.45, 2.75) is 18.5 Å². The zero-order valence-corrected chi connectivity index (χ0v) is 7.30. The minimum Gasteiger partial charge on any atom is -0.382 e. The molecule has 1 nitrogen and oxygen atoms in total. The predicted molar refractivity (Wildman–Crippen MR) is 42.3 cm³/mol. The molecule has 1 N–H and O–H groups in total. The highest BCUT2D eigenvalue weighted by Crippen LogP contribution is 2.36. The van der Waals surface area contributed by atoms with Crippen molar-refractivity contribution in [2.24, 2.45) is 0 Å². The van der Waals surface area contributed by atoms with Gasteiger partial charge in [0.05, 0.1) is 0 Å². The van der Waals surface area contributed by atoms with Gasteiger partial charge < -0.3 is 5.11 Å². The fraction of sp³-hybridized carbons (Fsp3) is 0.333. The highest BCUT2D eigenvalue weighted by atomic mass is 19.3. The molecule has 0 aliphatic heterocycles. The molecule has 0 saturated carbocycles. The van der Waals surface area contributed by atoms with Gasteiger partial charge in [0, 0.05) is 0 Å². The average molecular weight is 226 g/mol. The summed E-state index contributed by atoms with van der Waals surface area (Å²) in [4.78, 5) is 0. The Morgan fingerprint density at radius 3 is 1.93 bits per heavy atom. The molecule has 84 valence electrons. The SMILES string of the molecule is OC(c1ccc(F)cc1)C(F)(F)C(F)F. The lowest BCUT2D eigenvalue weighted by molar-refractivity contribution is -0.193. The fourth-order valence-electron chi connectivity index (χ4n) is 0.987. The largest absolute Gasteiger partial charge is 0.382 e. The van der Waals surface area contributed by atoms with Gasteiger partial charge >= 0.3 is 12.3 Å². The normalized spacial score (nSPS) is 14.3. The van der Waals surface area contributed by atoms with Crippen LogP contribution < -0.4 is 0 Å². The van der Waals surface area contributed by atoms with Crippen LogP contribution in [0.15, 0.2) is 24.3 Å². The lowest BCUT2D eigenvalue weighted by Crippen LogP contribution is -2.34. The summed E-state index contributed by atoms with van der Waals surface area (Å²) in [7, 11) is 0. The van der Waals surface area contributed by atoms with Crippen molar-refractivity contribution in [3.05, 3.63) is 35.6 Å². The van der Waals surface area contributed by atoms with Gasteiger partial charge in [-0.25, -0.2) is 13.2 Å². The number of hydrogen-bond acceptors (Lipinski definition) is 1. The van der Waals surface area contributed by atoms with Crippen LogP contribution in [-0.4, -0.2) is 17.5 Å². The number of alkyl halides is 4. The van der Waals surface area contributed by atoms with Crippen molar-refractivity contribution in [3.8, 4) is 0 Å². The summed E-state index contributed by atoms with van der Waals surface area (Å²) in [6.07, 6.45) is -6.62. The van der Waals surface area contributed by atoms with E-state index >= 15 is 0 Å². The molecule has 0 heterocycles. The van der Waals surface area contributed by atoms with E-state index in [-0.39, 0.29) is 0 Å². The lowest BCUT2D eigenvalue weighted by Gasteiger charge is -2.21. The molecule has 0 amide bonds. The van der Waals surface area contributed by atoms with Crippen LogP contribution >= 0.6 is 0 Å². The van der Waals surface area contributed by atoms with E-state index in [0.29, 0.717) is 0 Å². The van der Waals surface area contributed by atoms with Crippen molar-refractivity contribution in [1.82, 2.24) is 0 Å². The minimum atomic E-state index is -4.54. The van der Waals surface area contributed by atoms with Crippen LogP contribution in [0.1, 0.15) is 11.7 Å². The zero-order chi connectivity index (χ0) is 11.6. The maximum Gasteiger partial charge on any atom is 0.336 e. The second-order valence-electron chi connectivity index (χ2n) is 2.93. The molecule has 0 spiro atoms. The van der Waals surface area contributed by atoms with Gasteiger partial charge in [0.25, 0.3) is 0 Å². The zero-order valence-electron chi connectivity index (χ0n) is 7.30. The van der Waals surface area contributed by atoms with Gasteiger partial charge in [0.2, 0.25) is 0 Å². The van der Waals surface area contributed by atoms with Crippen molar-refractivity contribution < 1.29 is 27.1 Å². The molecule has 0 fully saturated rings. The smallest absolute Gasteiger partial charge is 0.336 e. The summed E-state index contributed by atoms with van der Waals surface area (Å²) >= 11 is 0. The fourth-order valence-corrected chi connectivity index (χ4v) is 0.987. The summed E-state index contributed by atoms with van der Waals surface area (Å²) in [5.41, 5.74) is -0.457. The molecule has 1 atom stereocenters. The van der Waals surface area contributed by atoms with Gasteiger partial charge in [-0.3, -0.25) is 0 Å². The van der Waals surface area contributed by atoms with E-state index in [0.717, 1.165) is 24.3 Å². The van der Waals surface area contributed by atoms with Gasteiger partial charge in [0.1, 0.15) is 11.9 Å². The quantitative estimate of drug-likeness (QED) is 0.785. The monoisotopic (exact) mass is 226 g/mol. The Morgan fingerprint density at radius 2 is 1.53 bits per heavy atom. The second kappa shape index (κ2) is 4.14. The van der Waals surface area contributed by atoms with E-state index in [1.165, 1.54) is 0 Å². The Hall–Kier alpha value is -1.17. The number of aliphatic hydroxyl groups is 1. The third kappa shape index (κ3) is 2.44. The van der Waals surface area contributed by atoms with E-state index in [4.69, 9.17) is 5.11 Å². The highest BCUT2D eigenvalue weighted by molar-refractivity contribution is 5.20. The van der Waals surface area contributed by atoms with E-state index in [2.05, 4.69) is 0 Å². The molecule has 0 bridgehead atoms. The van der Waals surface area contributed by atoms with Crippen LogP contribution in [0.4, 0.5) is 22.0 Å². The minimum absolute atomic E-state index is 0.457. The van der Waals surface area contributed by atoms with E-state index < -0.39 is 29.8 Å². The number of rotatable bonds is 3. The Morgan fingerprint density at radius 1 is 1.07 bits per heavy atom. The molecule has 1 aromatic rings. The van der Waals surface area contributed by atoms with Crippen LogP contribution in [0.2, 0.25) is 0 Å². The Bertz CT molecular complexity index is 322. The Kier molecular flexibility index (Phi) is 3.28. The molecule has 0 aliphatic rings. The summed E-state index contributed by atoms with van der Waals surface area (Å²) in [6, 6.07) is 3.27. The summed E-state index contributed by atoms with van der Waals surface area (Å²) < 4.78 is 61.3. The lowest BCUT2D eigenvalue weighted by atomic mass is 10.0. The van der Waals surface area contributed by atoms with E-state index in [1.807, 2.05) is 0 Å². The standard InChI is InChI=1S/C9H7F5O/c10-6-3-1-5(2-4-6)7(15)9(13,14)8(11)12/h1-4,7-8,15H. The first-order valence-corrected chi connectivity index (χ1v) is 3.95. The van der Waals surface area contributed by atoms with Gasteiger partial charge in [0.15, 0.2) is 0 Å². The third-order valence-corrected chi connectivity index (χ3v) is 1.84. The molecular formula is C9H7F5O. The number of benzene rings is 1. The molecular weight excluding hydrogens is 219 g/mol. The van der Waals surface area contributed by atoms with Crippen molar-refractivity contribution >= 4 is 0 Å². The maximum absolute atomic E-state index is 12.6. The molecule has 0 aliphatic carbocycles. The topological polar surface area (TPSA) is 20.2 Å². The average Bonchev–Trinajstić information content (AvgIpc) is 2.17. The molecule has 1 aromatic carbocycles. The molecule has 0 aromatic heterocycles. The van der Waals surface area contributed by atoms with Crippen LogP contribution in [0.25, 0.3) is 0 Å². The molecule has 0 saturated heterocycles. The first kappa shape index (κ1) is 11.9. The van der Waals surface area contributed by atoms with Crippen molar-refractivity contribution in [3.63, 3.8) is 0 Å². The number of hydrogen-bond donors (Lipinski definition) is 1. The number of halogens is 5. The summed E-state index contributed by atoms with van der Waals surface area (Å²) in [5.74, 6) is -5.25. The van der Waals surface area contributed by atoms with E-state index in [9.17, 15) is 22.0 Å². The van der Waals surface area contributed by atoms with Crippen molar-refractivity contribution in [1.29, 1.82) is 0 Å². The predicted octanol–water partition coefficient (Wildman–Crippen LogP) is 2.76. The maximum atomic E-state index is 12.6. The molecule has 6 heteroatoms. The van der Waals surface area contributed by atoms with Crippen LogP contribution in [0.5, 0.6) is 0 Å². The van der Waals surface area contributed by atoms with E-state index in [1.54, 1.807) is 0 Å². The first-order chi connectivity index (χ1) is 6.85. The molecule has 1 rings (SSSR count). The van der Waals surface area contributed by atoms with Gasteiger partial charge in [-0.1, -0.05) is 12.1 Å². The van der Waals surface area contributed by atoms with Crippen LogP contribution in [0.3, 0.4) is 0 Å². The van der Waals surface area contributed by atoms with Gasteiger partial charge in [-0.05, 0) is 17.7 Å². The first-order valence-electron chi connectivity index (χ1n) is 3.95. The molecule has 1 unspecified atom stereocenters. The summed E-state index contributed by atoms with van der Waals surface area (Å²) in [6.45, 7) is 0. The van der Waals surface area contributed by atoms with Crippen molar-refractivity contribution in [2.75, 3.05) is 0 Å². The van der Waals surface area contributed by atoms with Gasteiger partial charge in [-0.2, -0.15) is 8.78 Å². The number of aliphatic hydroxyl groups excluding tert-OH is 1.